The van der Waals surface area contributed by atoms with E-state index in [1.54, 1.807) is 7.11 Å². The van der Waals surface area contributed by atoms with E-state index in [2.05, 4.69) is 37.0 Å². The first-order chi connectivity index (χ1) is 8.11. The van der Waals surface area contributed by atoms with E-state index >= 15 is 0 Å². The molecule has 1 fully saturated rings. The average Bonchev–Trinajstić information content (AvgIpc) is 3.09. The van der Waals surface area contributed by atoms with Gasteiger partial charge in [0.25, 0.3) is 0 Å². The number of ether oxygens (including phenoxy) is 1. The van der Waals surface area contributed by atoms with Gasteiger partial charge in [-0.2, -0.15) is 0 Å². The first-order valence-corrected chi connectivity index (χ1v) is 5.91. The molecule has 2 heteroatoms. The lowest BCUT2D eigenvalue weighted by Crippen LogP contribution is -2.13. The van der Waals surface area contributed by atoms with Crippen molar-refractivity contribution < 1.29 is 4.74 Å². The zero-order valence-corrected chi connectivity index (χ0v) is 10.8. The largest absolute Gasteiger partial charge is 0.496 e. The van der Waals surface area contributed by atoms with Crippen LogP contribution in [0, 0.1) is 12.3 Å². The Morgan fingerprint density at radius 3 is 2.59 bits per heavy atom. The number of methoxy groups -OCH3 is 1. The van der Waals surface area contributed by atoms with Crippen LogP contribution in [0.15, 0.2) is 18.2 Å². The average molecular weight is 229 g/mol. The molecular weight excluding hydrogens is 210 g/mol. The van der Waals surface area contributed by atoms with Crippen molar-refractivity contribution in [2.45, 2.75) is 24.8 Å². The van der Waals surface area contributed by atoms with E-state index in [0.717, 1.165) is 25.1 Å². The second-order valence-electron chi connectivity index (χ2n) is 4.99. The van der Waals surface area contributed by atoms with Crippen LogP contribution < -0.4 is 4.74 Å². The Balaban J connectivity index is 2.35. The monoisotopic (exact) mass is 229 g/mol. The predicted molar refractivity (Wildman–Crippen MR) is 70.1 cm³/mol. The SMILES string of the molecule is C#CC1(c2ccc(OC)c(CN(C)C)c2)CC1. The fraction of sp³-hybridized carbons (Fsp3) is 0.467. The third-order valence-electron chi connectivity index (χ3n) is 3.35. The van der Waals surface area contributed by atoms with Crippen LogP contribution in [0.5, 0.6) is 5.75 Å². The van der Waals surface area contributed by atoms with Crippen LogP contribution in [-0.4, -0.2) is 26.1 Å². The molecule has 1 saturated carbocycles. The molecule has 0 N–H and O–H groups in total. The Labute approximate surface area is 104 Å². The van der Waals surface area contributed by atoms with Gasteiger partial charge in [-0.1, -0.05) is 12.0 Å². The highest BCUT2D eigenvalue weighted by molar-refractivity contribution is 5.46. The summed E-state index contributed by atoms with van der Waals surface area (Å²) in [7, 11) is 5.82. The Bertz CT molecular complexity index is 452. The highest BCUT2D eigenvalue weighted by Crippen LogP contribution is 2.48. The van der Waals surface area contributed by atoms with Crippen molar-refractivity contribution in [3.8, 4) is 18.1 Å². The summed E-state index contributed by atoms with van der Waals surface area (Å²) in [6.45, 7) is 0.873. The fourth-order valence-electron chi connectivity index (χ4n) is 2.18. The van der Waals surface area contributed by atoms with E-state index in [9.17, 15) is 0 Å². The summed E-state index contributed by atoms with van der Waals surface area (Å²) in [5, 5.41) is 0. The standard InChI is InChI=1S/C15H19NO/c1-5-15(8-9-15)13-6-7-14(17-4)12(10-13)11-16(2)3/h1,6-7,10H,8-9,11H2,2-4H3. The van der Waals surface area contributed by atoms with Crippen molar-refractivity contribution in [1.82, 2.24) is 4.90 Å². The van der Waals surface area contributed by atoms with Crippen LogP contribution in [0.4, 0.5) is 0 Å². The van der Waals surface area contributed by atoms with Crippen molar-refractivity contribution in [3.63, 3.8) is 0 Å². The minimum Gasteiger partial charge on any atom is -0.496 e. The van der Waals surface area contributed by atoms with E-state index in [0.29, 0.717) is 0 Å². The van der Waals surface area contributed by atoms with Crippen molar-refractivity contribution in [2.24, 2.45) is 0 Å². The molecule has 1 aliphatic rings. The Kier molecular flexibility index (Phi) is 3.13. The van der Waals surface area contributed by atoms with Crippen LogP contribution in [0.3, 0.4) is 0 Å². The number of nitrogens with zero attached hydrogens (tertiary/aromatic N) is 1. The summed E-state index contributed by atoms with van der Waals surface area (Å²) in [6, 6.07) is 6.34. The van der Waals surface area contributed by atoms with Crippen molar-refractivity contribution in [3.05, 3.63) is 29.3 Å². The number of rotatable bonds is 4. The van der Waals surface area contributed by atoms with E-state index in [1.165, 1.54) is 11.1 Å². The van der Waals surface area contributed by atoms with Crippen LogP contribution >= 0.6 is 0 Å². The second kappa shape index (κ2) is 4.43. The zero-order chi connectivity index (χ0) is 12.5. The maximum absolute atomic E-state index is 5.63. The minimum absolute atomic E-state index is 0.00728. The Hall–Kier alpha value is -1.46. The molecule has 0 aliphatic heterocycles. The van der Waals surface area contributed by atoms with E-state index in [4.69, 9.17) is 11.2 Å². The molecule has 0 saturated heterocycles. The first-order valence-electron chi connectivity index (χ1n) is 5.91. The third kappa shape index (κ3) is 2.30. The highest BCUT2D eigenvalue weighted by Gasteiger charge is 2.42. The van der Waals surface area contributed by atoms with Gasteiger partial charge in [-0.3, -0.25) is 0 Å². The highest BCUT2D eigenvalue weighted by atomic mass is 16.5. The van der Waals surface area contributed by atoms with Gasteiger partial charge in [0, 0.05) is 12.1 Å². The first kappa shape index (κ1) is 12.0. The second-order valence-corrected chi connectivity index (χ2v) is 4.99. The van der Waals surface area contributed by atoms with Gasteiger partial charge in [-0.15, -0.1) is 6.42 Å². The number of terminal acetylenes is 1. The molecule has 0 radical (unpaired) electrons. The lowest BCUT2D eigenvalue weighted by Gasteiger charge is -2.16. The lowest BCUT2D eigenvalue weighted by atomic mass is 9.95. The molecule has 1 aliphatic carbocycles. The molecule has 2 rings (SSSR count). The molecule has 0 amide bonds. The van der Waals surface area contributed by atoms with Gasteiger partial charge in [-0.25, -0.2) is 0 Å². The quantitative estimate of drug-likeness (QED) is 0.735. The van der Waals surface area contributed by atoms with Gasteiger partial charge >= 0.3 is 0 Å². The van der Waals surface area contributed by atoms with E-state index < -0.39 is 0 Å². The Morgan fingerprint density at radius 1 is 1.41 bits per heavy atom. The molecule has 0 atom stereocenters. The molecule has 2 nitrogen and oxygen atoms in total. The minimum atomic E-state index is 0.00728. The number of hydrogen-bond donors (Lipinski definition) is 0. The number of hydrogen-bond acceptors (Lipinski definition) is 2. The van der Waals surface area contributed by atoms with E-state index in [-0.39, 0.29) is 5.41 Å². The number of benzene rings is 1. The normalized spacial score (nSPS) is 16.6. The van der Waals surface area contributed by atoms with Crippen molar-refractivity contribution in [2.75, 3.05) is 21.2 Å². The fourth-order valence-corrected chi connectivity index (χ4v) is 2.18. The maximum atomic E-state index is 5.63. The third-order valence-corrected chi connectivity index (χ3v) is 3.35. The Morgan fingerprint density at radius 2 is 2.12 bits per heavy atom. The van der Waals surface area contributed by atoms with Gasteiger partial charge in [0.2, 0.25) is 0 Å². The summed E-state index contributed by atoms with van der Waals surface area (Å²) in [5.74, 6) is 3.87. The summed E-state index contributed by atoms with van der Waals surface area (Å²) in [4.78, 5) is 2.14. The van der Waals surface area contributed by atoms with Crippen LogP contribution in [0.2, 0.25) is 0 Å². The topological polar surface area (TPSA) is 12.5 Å². The zero-order valence-electron chi connectivity index (χ0n) is 10.8. The summed E-state index contributed by atoms with van der Waals surface area (Å²) in [5.41, 5.74) is 2.47. The summed E-state index contributed by atoms with van der Waals surface area (Å²) < 4.78 is 5.39. The van der Waals surface area contributed by atoms with Crippen LogP contribution in [0.25, 0.3) is 0 Å². The van der Waals surface area contributed by atoms with Gasteiger partial charge < -0.3 is 9.64 Å². The maximum Gasteiger partial charge on any atom is 0.123 e. The van der Waals surface area contributed by atoms with Gasteiger partial charge in [0.05, 0.1) is 12.5 Å². The lowest BCUT2D eigenvalue weighted by molar-refractivity contribution is 0.371. The molecule has 0 aromatic heterocycles. The molecule has 90 valence electrons. The smallest absolute Gasteiger partial charge is 0.123 e. The van der Waals surface area contributed by atoms with Crippen LogP contribution in [0.1, 0.15) is 24.0 Å². The molecule has 1 aromatic carbocycles. The van der Waals surface area contributed by atoms with Crippen molar-refractivity contribution in [1.29, 1.82) is 0 Å². The molecule has 0 unspecified atom stereocenters. The van der Waals surface area contributed by atoms with Crippen molar-refractivity contribution >= 4 is 0 Å². The molecular formula is C15H19NO. The predicted octanol–water partition coefficient (Wildman–Crippen LogP) is 2.42. The molecule has 0 spiro atoms. The molecule has 0 bridgehead atoms. The summed E-state index contributed by atoms with van der Waals surface area (Å²) >= 11 is 0. The molecule has 17 heavy (non-hydrogen) atoms. The van der Waals surface area contributed by atoms with Gasteiger partial charge in [0.15, 0.2) is 0 Å². The van der Waals surface area contributed by atoms with Gasteiger partial charge in [0.1, 0.15) is 5.75 Å². The van der Waals surface area contributed by atoms with E-state index in [1.807, 2.05) is 6.07 Å². The molecule has 1 aromatic rings. The van der Waals surface area contributed by atoms with Gasteiger partial charge in [-0.05, 0) is 44.6 Å². The molecule has 0 heterocycles. The summed E-state index contributed by atoms with van der Waals surface area (Å²) in [6.07, 6.45) is 7.85. The van der Waals surface area contributed by atoms with Crippen LogP contribution in [-0.2, 0) is 12.0 Å².